The van der Waals surface area contributed by atoms with Crippen molar-refractivity contribution in [2.45, 2.75) is 2.14 Å². The fourth-order valence-corrected chi connectivity index (χ4v) is 1.18. The Bertz CT molecular complexity index is 137. The zero-order valence-corrected chi connectivity index (χ0v) is 9.16. The first-order chi connectivity index (χ1) is 4.02. The lowest BCUT2D eigenvalue weighted by atomic mass is 10.7. The van der Waals surface area contributed by atoms with Crippen molar-refractivity contribution in [2.75, 3.05) is 13.1 Å². The second kappa shape index (κ2) is 2.51. The van der Waals surface area contributed by atoms with Gasteiger partial charge >= 0.3 is 0 Å². The Balaban J connectivity index is 2.50. The lowest BCUT2D eigenvalue weighted by Crippen LogP contribution is -2.24. The number of hydrogen-bond acceptors (Lipinski definition) is 1. The Kier molecular flexibility index (Phi) is 2.23. The third kappa shape index (κ3) is 2.20. The van der Waals surface area contributed by atoms with Gasteiger partial charge in [-0.1, -0.05) is 0 Å². The summed E-state index contributed by atoms with van der Waals surface area (Å²) in [6.07, 6.45) is 0. The van der Waals surface area contributed by atoms with Crippen LogP contribution in [0.1, 0.15) is 0 Å². The fourth-order valence-electron chi connectivity index (χ4n) is 0.432. The van der Waals surface area contributed by atoms with Crippen LogP contribution in [0.4, 0.5) is 0 Å². The van der Waals surface area contributed by atoms with Crippen molar-refractivity contribution in [3.63, 3.8) is 0 Å². The quantitative estimate of drug-likeness (QED) is 0.491. The Morgan fingerprint density at radius 2 is 1.78 bits per heavy atom. The first-order valence-corrected chi connectivity index (χ1v) is 4.76. The van der Waals surface area contributed by atoms with Crippen molar-refractivity contribution in [1.82, 2.24) is 4.90 Å². The Morgan fingerprint density at radius 3 is 1.89 bits per heavy atom. The number of carbonyl (C=O) groups is 1. The molecule has 1 aliphatic rings. The van der Waals surface area contributed by atoms with E-state index in [-0.39, 0.29) is 5.91 Å². The van der Waals surface area contributed by atoms with Gasteiger partial charge in [0.25, 0.3) is 5.91 Å². The highest BCUT2D eigenvalue weighted by Crippen LogP contribution is 2.36. The average Bonchev–Trinajstić information content (AvgIpc) is 2.40. The molecule has 1 fully saturated rings. The largest absolute Gasteiger partial charge is 0.336 e. The molecule has 1 heterocycles. The van der Waals surface area contributed by atoms with E-state index < -0.39 is 2.14 Å². The molecular weight excluding hydrogens is 318 g/mol. The number of alkyl halides is 3. The highest BCUT2D eigenvalue weighted by atomic mass is 80.0. The Labute approximate surface area is 78.4 Å². The third-order valence-corrected chi connectivity index (χ3v) is 1.99. The van der Waals surface area contributed by atoms with Gasteiger partial charge in [0.1, 0.15) is 0 Å². The molecule has 0 aromatic heterocycles. The minimum Gasteiger partial charge on any atom is -0.336 e. The fraction of sp³-hybridized carbons (Fsp3) is 0.750. The summed E-state index contributed by atoms with van der Waals surface area (Å²) in [4.78, 5) is 12.7. The van der Waals surface area contributed by atoms with E-state index in [1.165, 1.54) is 0 Å². The van der Waals surface area contributed by atoms with E-state index in [4.69, 9.17) is 0 Å². The normalized spacial score (nSPS) is 17.9. The Hall–Kier alpha value is 0.910. The summed E-state index contributed by atoms with van der Waals surface area (Å²) in [6, 6.07) is 0. The summed E-state index contributed by atoms with van der Waals surface area (Å²) in [7, 11) is 0. The summed E-state index contributed by atoms with van der Waals surface area (Å²) in [5.41, 5.74) is 0. The monoisotopic (exact) mass is 319 g/mol. The molecule has 5 heteroatoms. The predicted molar refractivity (Wildman–Crippen MR) is 46.1 cm³/mol. The topological polar surface area (TPSA) is 20.1 Å². The first-order valence-electron chi connectivity index (χ1n) is 2.38. The molecule has 0 aromatic carbocycles. The molecular formula is C4H4Br3NO. The molecule has 0 bridgehead atoms. The SMILES string of the molecule is O=C(N1CC1)C(Br)(Br)Br. The van der Waals surface area contributed by atoms with Crippen molar-refractivity contribution in [3.8, 4) is 0 Å². The highest BCUT2D eigenvalue weighted by Gasteiger charge is 2.37. The average molecular weight is 322 g/mol. The van der Waals surface area contributed by atoms with E-state index in [9.17, 15) is 4.79 Å². The lowest BCUT2D eigenvalue weighted by Gasteiger charge is -2.09. The maximum absolute atomic E-state index is 11.0. The van der Waals surface area contributed by atoms with Gasteiger partial charge in [-0.25, -0.2) is 0 Å². The van der Waals surface area contributed by atoms with Crippen molar-refractivity contribution in [1.29, 1.82) is 0 Å². The van der Waals surface area contributed by atoms with Crippen LogP contribution in [0.3, 0.4) is 0 Å². The van der Waals surface area contributed by atoms with Crippen LogP contribution in [0.5, 0.6) is 0 Å². The zero-order valence-electron chi connectivity index (χ0n) is 4.40. The van der Waals surface area contributed by atoms with E-state index in [1.807, 2.05) is 0 Å². The molecule has 0 N–H and O–H groups in total. The molecule has 1 amide bonds. The number of halogens is 3. The maximum Gasteiger partial charge on any atom is 0.261 e. The van der Waals surface area contributed by atoms with Crippen LogP contribution in [0.15, 0.2) is 0 Å². The molecule has 52 valence electrons. The molecule has 1 aliphatic heterocycles. The standard InChI is InChI=1S/C4H4Br3NO/c5-4(6,7)3(9)8-1-2-8/h1-2H2. The van der Waals surface area contributed by atoms with E-state index in [0.29, 0.717) is 0 Å². The molecule has 1 saturated heterocycles. The molecule has 1 rings (SSSR count). The molecule has 0 aromatic rings. The van der Waals surface area contributed by atoms with Crippen molar-refractivity contribution in [3.05, 3.63) is 0 Å². The number of hydrogen-bond donors (Lipinski definition) is 0. The van der Waals surface area contributed by atoms with Crippen LogP contribution in [-0.4, -0.2) is 26.0 Å². The number of amides is 1. The lowest BCUT2D eigenvalue weighted by molar-refractivity contribution is -0.123. The molecule has 0 atom stereocenters. The third-order valence-electron chi connectivity index (χ3n) is 0.977. The minimum atomic E-state index is -0.733. The van der Waals surface area contributed by atoms with Gasteiger partial charge in [-0.3, -0.25) is 4.79 Å². The van der Waals surface area contributed by atoms with Crippen LogP contribution in [-0.2, 0) is 4.79 Å². The van der Waals surface area contributed by atoms with Crippen molar-refractivity contribution >= 4 is 53.7 Å². The first kappa shape index (κ1) is 8.01. The summed E-state index contributed by atoms with van der Waals surface area (Å²) < 4.78 is -0.733. The van der Waals surface area contributed by atoms with Crippen LogP contribution < -0.4 is 0 Å². The molecule has 9 heavy (non-hydrogen) atoms. The molecule has 2 nitrogen and oxygen atoms in total. The Morgan fingerprint density at radius 1 is 1.33 bits per heavy atom. The molecule has 0 radical (unpaired) electrons. The van der Waals surface area contributed by atoms with Crippen LogP contribution in [0, 0.1) is 0 Å². The van der Waals surface area contributed by atoms with Crippen LogP contribution in [0.25, 0.3) is 0 Å². The summed E-state index contributed by atoms with van der Waals surface area (Å²) in [6.45, 7) is 1.76. The van der Waals surface area contributed by atoms with Gasteiger partial charge in [0, 0.05) is 13.1 Å². The van der Waals surface area contributed by atoms with E-state index in [2.05, 4.69) is 47.8 Å². The summed E-state index contributed by atoms with van der Waals surface area (Å²) in [5.74, 6) is 0.0301. The van der Waals surface area contributed by atoms with Crippen LogP contribution >= 0.6 is 47.8 Å². The van der Waals surface area contributed by atoms with Gasteiger partial charge in [0.15, 0.2) is 0 Å². The van der Waals surface area contributed by atoms with Gasteiger partial charge in [-0.15, -0.1) is 0 Å². The van der Waals surface area contributed by atoms with Gasteiger partial charge in [-0.05, 0) is 47.8 Å². The molecule has 0 unspecified atom stereocenters. The summed E-state index contributed by atoms with van der Waals surface area (Å²) >= 11 is 9.38. The van der Waals surface area contributed by atoms with Crippen molar-refractivity contribution < 1.29 is 4.79 Å². The highest BCUT2D eigenvalue weighted by molar-refractivity contribution is 9.40. The zero-order chi connectivity index (χ0) is 7.07. The smallest absolute Gasteiger partial charge is 0.261 e. The summed E-state index contributed by atoms with van der Waals surface area (Å²) in [5, 5.41) is 0. The molecule has 0 saturated carbocycles. The second-order valence-corrected chi connectivity index (χ2v) is 8.55. The number of rotatable bonds is 0. The van der Waals surface area contributed by atoms with Gasteiger partial charge < -0.3 is 4.90 Å². The van der Waals surface area contributed by atoms with E-state index in [0.717, 1.165) is 13.1 Å². The second-order valence-electron chi connectivity index (χ2n) is 1.79. The van der Waals surface area contributed by atoms with Crippen molar-refractivity contribution in [2.24, 2.45) is 0 Å². The van der Waals surface area contributed by atoms with Gasteiger partial charge in [-0.2, -0.15) is 0 Å². The van der Waals surface area contributed by atoms with E-state index >= 15 is 0 Å². The predicted octanol–water partition coefficient (Wildman–Crippen LogP) is 1.67. The molecule has 0 aliphatic carbocycles. The number of carbonyl (C=O) groups excluding carboxylic acids is 1. The number of nitrogens with zero attached hydrogens (tertiary/aromatic N) is 1. The van der Waals surface area contributed by atoms with E-state index in [1.54, 1.807) is 4.90 Å². The van der Waals surface area contributed by atoms with Crippen LogP contribution in [0.2, 0.25) is 0 Å². The van der Waals surface area contributed by atoms with Gasteiger partial charge in [0.05, 0.1) is 0 Å². The minimum absolute atomic E-state index is 0.0301. The maximum atomic E-state index is 11.0. The molecule has 0 spiro atoms. The van der Waals surface area contributed by atoms with Gasteiger partial charge in [0.2, 0.25) is 2.14 Å².